The fourth-order valence-corrected chi connectivity index (χ4v) is 2.96. The normalized spacial score (nSPS) is 25.3. The number of rotatable bonds is 1. The molecule has 1 aromatic carbocycles. The van der Waals surface area contributed by atoms with Crippen molar-refractivity contribution in [1.29, 1.82) is 0 Å². The molecule has 0 radical (unpaired) electrons. The summed E-state index contributed by atoms with van der Waals surface area (Å²) in [5.74, 6) is 0.560. The lowest BCUT2D eigenvalue weighted by molar-refractivity contribution is 0.00167. The fraction of sp³-hybridized carbons (Fsp3) is 0.438. The fourth-order valence-electron chi connectivity index (χ4n) is 2.96. The van der Waals surface area contributed by atoms with E-state index in [4.69, 9.17) is 9.15 Å². The van der Waals surface area contributed by atoms with E-state index in [2.05, 4.69) is 0 Å². The topological polar surface area (TPSA) is 59.7 Å². The Bertz CT molecular complexity index is 731. The molecule has 2 aromatic rings. The van der Waals surface area contributed by atoms with Crippen molar-refractivity contribution in [3.8, 4) is 5.75 Å². The minimum absolute atomic E-state index is 0.00199. The summed E-state index contributed by atoms with van der Waals surface area (Å²) in [5, 5.41) is 10.3. The Kier molecular flexibility index (Phi) is 2.87. The number of ether oxygens (including phenoxy) is 1. The van der Waals surface area contributed by atoms with Gasteiger partial charge in [0.1, 0.15) is 16.9 Å². The Morgan fingerprint density at radius 1 is 1.45 bits per heavy atom. The minimum atomic E-state index is -0.655. The first-order valence-electron chi connectivity index (χ1n) is 6.81. The van der Waals surface area contributed by atoms with Gasteiger partial charge in [0, 0.05) is 0 Å². The van der Waals surface area contributed by atoms with Crippen LogP contribution < -0.4 is 10.4 Å². The van der Waals surface area contributed by atoms with Gasteiger partial charge in [-0.25, -0.2) is 4.79 Å². The highest BCUT2D eigenvalue weighted by Gasteiger charge is 2.38. The van der Waals surface area contributed by atoms with Crippen molar-refractivity contribution in [3.63, 3.8) is 0 Å². The zero-order valence-electron chi connectivity index (χ0n) is 11.9. The number of aliphatic hydroxyl groups is 1. The van der Waals surface area contributed by atoms with Crippen LogP contribution in [0.1, 0.15) is 37.3 Å². The van der Waals surface area contributed by atoms with E-state index in [1.807, 2.05) is 39.0 Å². The van der Waals surface area contributed by atoms with Gasteiger partial charge in [-0.2, -0.15) is 0 Å². The summed E-state index contributed by atoms with van der Waals surface area (Å²) in [7, 11) is 0. The van der Waals surface area contributed by atoms with E-state index >= 15 is 0 Å². The Balaban J connectivity index is 2.33. The Labute approximate surface area is 117 Å². The molecule has 0 spiro atoms. The van der Waals surface area contributed by atoms with E-state index in [1.54, 1.807) is 0 Å². The van der Waals surface area contributed by atoms with E-state index in [0.717, 1.165) is 10.9 Å². The third-order valence-electron chi connectivity index (χ3n) is 3.96. The van der Waals surface area contributed by atoms with E-state index in [1.165, 1.54) is 0 Å². The molecule has 2 heterocycles. The molecule has 0 saturated heterocycles. The van der Waals surface area contributed by atoms with Gasteiger partial charge >= 0.3 is 5.63 Å². The first kappa shape index (κ1) is 13.2. The van der Waals surface area contributed by atoms with Crippen LogP contribution in [0.3, 0.4) is 0 Å². The van der Waals surface area contributed by atoms with Crippen LogP contribution in [0, 0.1) is 6.92 Å². The standard InChI is InChI=1S/C16H18O4/c1-9-4-5-11-12(6-9)19-15(18)13-10(2)7-16(3,8-17)20-14(11)13/h4-6,10,17H,7-8H2,1-3H3/t10-,16+/m0/s1. The summed E-state index contributed by atoms with van der Waals surface area (Å²) < 4.78 is 11.4. The second kappa shape index (κ2) is 4.35. The van der Waals surface area contributed by atoms with Crippen LogP contribution >= 0.6 is 0 Å². The molecule has 0 saturated carbocycles. The van der Waals surface area contributed by atoms with Gasteiger partial charge in [-0.15, -0.1) is 0 Å². The average Bonchev–Trinajstić information content (AvgIpc) is 2.37. The molecule has 1 aliphatic heterocycles. The Morgan fingerprint density at radius 2 is 2.20 bits per heavy atom. The van der Waals surface area contributed by atoms with E-state index in [9.17, 15) is 9.90 Å². The van der Waals surface area contributed by atoms with Crippen molar-refractivity contribution in [2.75, 3.05) is 6.61 Å². The lowest BCUT2D eigenvalue weighted by Crippen LogP contribution is -2.42. The van der Waals surface area contributed by atoms with Crippen LogP contribution in [0.25, 0.3) is 11.0 Å². The van der Waals surface area contributed by atoms with E-state index in [0.29, 0.717) is 23.3 Å². The highest BCUT2D eigenvalue weighted by molar-refractivity contribution is 5.85. The molecule has 0 amide bonds. The van der Waals surface area contributed by atoms with Gasteiger partial charge in [0.2, 0.25) is 0 Å². The van der Waals surface area contributed by atoms with E-state index in [-0.39, 0.29) is 18.2 Å². The predicted molar refractivity (Wildman–Crippen MR) is 76.4 cm³/mol. The van der Waals surface area contributed by atoms with Gasteiger partial charge in [0.15, 0.2) is 0 Å². The molecule has 1 aromatic heterocycles. The SMILES string of the molecule is Cc1ccc2c3c(c(=O)oc2c1)[C@@H](C)C[C@](C)(CO)O3. The van der Waals surface area contributed by atoms with E-state index < -0.39 is 5.60 Å². The highest BCUT2D eigenvalue weighted by Crippen LogP contribution is 2.42. The number of fused-ring (bicyclic) bond motifs is 3. The molecule has 0 unspecified atom stereocenters. The molecule has 20 heavy (non-hydrogen) atoms. The number of benzene rings is 1. The summed E-state index contributed by atoms with van der Waals surface area (Å²) in [4.78, 5) is 12.2. The summed E-state index contributed by atoms with van der Waals surface area (Å²) in [6.07, 6.45) is 0.596. The highest BCUT2D eigenvalue weighted by atomic mass is 16.5. The zero-order chi connectivity index (χ0) is 14.5. The second-order valence-electron chi connectivity index (χ2n) is 5.95. The van der Waals surface area contributed by atoms with Crippen molar-refractivity contribution in [1.82, 2.24) is 0 Å². The Hall–Kier alpha value is -1.81. The summed E-state index contributed by atoms with van der Waals surface area (Å²) in [6.45, 7) is 5.69. The van der Waals surface area contributed by atoms with Gasteiger partial charge in [-0.05, 0) is 43.9 Å². The molecule has 2 atom stereocenters. The monoisotopic (exact) mass is 274 g/mol. The van der Waals surface area contributed by atoms with Crippen molar-refractivity contribution in [3.05, 3.63) is 39.7 Å². The molecule has 3 rings (SSSR count). The maximum atomic E-state index is 12.2. The van der Waals surface area contributed by atoms with Crippen molar-refractivity contribution >= 4 is 11.0 Å². The molecule has 1 N–H and O–H groups in total. The van der Waals surface area contributed by atoms with Gasteiger partial charge in [0.05, 0.1) is 17.6 Å². The molecule has 106 valence electrons. The molecular weight excluding hydrogens is 256 g/mol. The van der Waals surface area contributed by atoms with Crippen molar-refractivity contribution in [2.45, 2.75) is 38.7 Å². The van der Waals surface area contributed by atoms with Crippen molar-refractivity contribution in [2.24, 2.45) is 0 Å². The number of hydrogen-bond donors (Lipinski definition) is 1. The second-order valence-corrected chi connectivity index (χ2v) is 5.95. The molecule has 4 heteroatoms. The number of aliphatic hydroxyl groups excluding tert-OH is 1. The third kappa shape index (κ3) is 1.91. The quantitative estimate of drug-likeness (QED) is 0.812. The van der Waals surface area contributed by atoms with Crippen LogP contribution in [0.15, 0.2) is 27.4 Å². The van der Waals surface area contributed by atoms with Crippen LogP contribution in [0.4, 0.5) is 0 Å². The smallest absolute Gasteiger partial charge is 0.343 e. The maximum Gasteiger partial charge on any atom is 0.343 e. The van der Waals surface area contributed by atoms with Gasteiger partial charge in [0.25, 0.3) is 0 Å². The lowest BCUT2D eigenvalue weighted by atomic mass is 9.85. The molecule has 0 fully saturated rings. The first-order chi connectivity index (χ1) is 9.43. The lowest BCUT2D eigenvalue weighted by Gasteiger charge is -2.37. The average molecular weight is 274 g/mol. The van der Waals surface area contributed by atoms with Crippen LogP contribution in [-0.2, 0) is 0 Å². The first-order valence-corrected chi connectivity index (χ1v) is 6.81. The summed E-state index contributed by atoms with van der Waals surface area (Å²) in [6, 6.07) is 5.69. The molecule has 1 aliphatic rings. The third-order valence-corrected chi connectivity index (χ3v) is 3.96. The van der Waals surface area contributed by atoms with Gasteiger partial charge in [-0.3, -0.25) is 0 Å². The minimum Gasteiger partial charge on any atom is -0.484 e. The summed E-state index contributed by atoms with van der Waals surface area (Å²) in [5.41, 5.74) is 1.13. The molecule has 4 nitrogen and oxygen atoms in total. The Morgan fingerprint density at radius 3 is 2.90 bits per heavy atom. The molecule has 0 aliphatic carbocycles. The van der Waals surface area contributed by atoms with Crippen LogP contribution in [0.5, 0.6) is 5.75 Å². The number of aryl methyl sites for hydroxylation is 1. The van der Waals surface area contributed by atoms with Gasteiger partial charge < -0.3 is 14.3 Å². The maximum absolute atomic E-state index is 12.2. The molecule has 0 bridgehead atoms. The van der Waals surface area contributed by atoms with Crippen molar-refractivity contribution < 1.29 is 14.3 Å². The number of hydrogen-bond acceptors (Lipinski definition) is 4. The largest absolute Gasteiger partial charge is 0.484 e. The summed E-state index contributed by atoms with van der Waals surface area (Å²) >= 11 is 0. The predicted octanol–water partition coefficient (Wildman–Crippen LogP) is 2.74. The molecular formula is C16H18O4. The van der Waals surface area contributed by atoms with Crippen LogP contribution in [-0.4, -0.2) is 17.3 Å². The van der Waals surface area contributed by atoms with Crippen LogP contribution in [0.2, 0.25) is 0 Å². The van der Waals surface area contributed by atoms with Gasteiger partial charge in [-0.1, -0.05) is 13.0 Å². The zero-order valence-corrected chi connectivity index (χ0v) is 11.9.